The van der Waals surface area contributed by atoms with Gasteiger partial charge in [-0.1, -0.05) is 0 Å². The molecule has 1 atom stereocenters. The van der Waals surface area contributed by atoms with Crippen molar-refractivity contribution in [3.8, 4) is 0 Å². The second-order valence-electron chi connectivity index (χ2n) is 3.52. The topological polar surface area (TPSA) is 76.7 Å². The molecule has 2 aromatic heterocycles. The number of anilines is 2. The van der Waals surface area contributed by atoms with Crippen molar-refractivity contribution >= 4 is 23.0 Å². The molecule has 84 valence electrons. The quantitative estimate of drug-likeness (QED) is 0.850. The SMILES string of the molecule is Cc1cnc(C(C)Nc2ncc(N)cn2)s1. The Morgan fingerprint density at radius 3 is 2.50 bits per heavy atom. The Hall–Kier alpha value is -1.69. The molecular formula is C10H13N5S. The minimum absolute atomic E-state index is 0.0994. The zero-order valence-corrected chi connectivity index (χ0v) is 9.95. The number of hydrogen-bond donors (Lipinski definition) is 2. The molecule has 6 heteroatoms. The summed E-state index contributed by atoms with van der Waals surface area (Å²) in [7, 11) is 0. The molecule has 2 rings (SSSR count). The molecule has 0 radical (unpaired) electrons. The van der Waals surface area contributed by atoms with E-state index < -0.39 is 0 Å². The van der Waals surface area contributed by atoms with E-state index in [4.69, 9.17) is 5.73 Å². The number of aromatic nitrogens is 3. The Morgan fingerprint density at radius 2 is 1.94 bits per heavy atom. The van der Waals surface area contributed by atoms with Crippen LogP contribution in [0.3, 0.4) is 0 Å². The summed E-state index contributed by atoms with van der Waals surface area (Å²) in [6, 6.07) is 0.0994. The molecule has 0 amide bonds. The van der Waals surface area contributed by atoms with Crippen molar-refractivity contribution in [1.29, 1.82) is 0 Å². The van der Waals surface area contributed by atoms with Crippen LogP contribution in [0.25, 0.3) is 0 Å². The average Bonchev–Trinajstić information content (AvgIpc) is 2.68. The molecule has 5 nitrogen and oxygen atoms in total. The van der Waals surface area contributed by atoms with E-state index in [2.05, 4.69) is 20.3 Å². The van der Waals surface area contributed by atoms with Gasteiger partial charge in [0.15, 0.2) is 0 Å². The molecule has 0 saturated carbocycles. The molecule has 0 aromatic carbocycles. The second-order valence-corrected chi connectivity index (χ2v) is 4.78. The van der Waals surface area contributed by atoms with Gasteiger partial charge in [0.2, 0.25) is 5.95 Å². The fourth-order valence-electron chi connectivity index (χ4n) is 1.24. The van der Waals surface area contributed by atoms with Gasteiger partial charge in [-0.05, 0) is 13.8 Å². The van der Waals surface area contributed by atoms with Gasteiger partial charge in [0.1, 0.15) is 5.01 Å². The lowest BCUT2D eigenvalue weighted by atomic mass is 10.3. The first-order chi connectivity index (χ1) is 7.65. The number of nitrogens with one attached hydrogen (secondary N) is 1. The first-order valence-corrected chi connectivity index (χ1v) is 5.73. The molecule has 0 aliphatic heterocycles. The van der Waals surface area contributed by atoms with Gasteiger partial charge in [-0.15, -0.1) is 11.3 Å². The molecule has 0 saturated heterocycles. The lowest BCUT2D eigenvalue weighted by molar-refractivity contribution is 0.848. The van der Waals surface area contributed by atoms with Crippen molar-refractivity contribution in [3.63, 3.8) is 0 Å². The van der Waals surface area contributed by atoms with Gasteiger partial charge in [-0.25, -0.2) is 15.0 Å². The Balaban J connectivity index is 2.07. The summed E-state index contributed by atoms with van der Waals surface area (Å²) >= 11 is 1.66. The largest absolute Gasteiger partial charge is 0.396 e. The summed E-state index contributed by atoms with van der Waals surface area (Å²) in [6.07, 6.45) is 5.02. The van der Waals surface area contributed by atoms with Crippen molar-refractivity contribution in [2.24, 2.45) is 0 Å². The Labute approximate surface area is 97.8 Å². The molecule has 0 aliphatic rings. The van der Waals surface area contributed by atoms with Crippen molar-refractivity contribution in [2.45, 2.75) is 19.9 Å². The Bertz CT molecular complexity index is 464. The van der Waals surface area contributed by atoms with Crippen molar-refractivity contribution < 1.29 is 0 Å². The van der Waals surface area contributed by atoms with Crippen LogP contribution >= 0.6 is 11.3 Å². The molecule has 0 aliphatic carbocycles. The molecule has 0 bridgehead atoms. The van der Waals surface area contributed by atoms with Crippen molar-refractivity contribution in [3.05, 3.63) is 28.5 Å². The fourth-order valence-corrected chi connectivity index (χ4v) is 2.02. The van der Waals surface area contributed by atoms with Gasteiger partial charge in [-0.3, -0.25) is 0 Å². The lowest BCUT2D eigenvalue weighted by Gasteiger charge is -2.10. The zero-order chi connectivity index (χ0) is 11.5. The zero-order valence-electron chi connectivity index (χ0n) is 9.14. The first kappa shape index (κ1) is 10.8. The van der Waals surface area contributed by atoms with Crippen molar-refractivity contribution in [1.82, 2.24) is 15.0 Å². The number of rotatable bonds is 3. The highest BCUT2D eigenvalue weighted by molar-refractivity contribution is 7.11. The van der Waals surface area contributed by atoms with Gasteiger partial charge in [0.05, 0.1) is 24.1 Å². The third-order valence-corrected chi connectivity index (χ3v) is 3.12. The van der Waals surface area contributed by atoms with Crippen LogP contribution in [0.15, 0.2) is 18.6 Å². The number of nitrogen functional groups attached to an aromatic ring is 1. The highest BCUT2D eigenvalue weighted by atomic mass is 32.1. The molecule has 0 spiro atoms. The van der Waals surface area contributed by atoms with Crippen LogP contribution in [0.4, 0.5) is 11.6 Å². The standard InChI is InChI=1S/C10H13N5S/c1-6-3-12-9(16-6)7(2)15-10-13-4-8(11)5-14-10/h3-5,7H,11H2,1-2H3,(H,13,14,15). The van der Waals surface area contributed by atoms with Crippen LogP contribution in [0.2, 0.25) is 0 Å². The van der Waals surface area contributed by atoms with Crippen LogP contribution in [0.1, 0.15) is 22.9 Å². The molecule has 2 aromatic rings. The Kier molecular flexibility index (Phi) is 3.00. The molecule has 16 heavy (non-hydrogen) atoms. The van der Waals surface area contributed by atoms with Gasteiger partial charge in [0.25, 0.3) is 0 Å². The summed E-state index contributed by atoms with van der Waals surface area (Å²) in [4.78, 5) is 13.7. The Morgan fingerprint density at radius 1 is 1.25 bits per heavy atom. The number of hydrogen-bond acceptors (Lipinski definition) is 6. The second kappa shape index (κ2) is 4.44. The minimum atomic E-state index is 0.0994. The third kappa shape index (κ3) is 2.46. The molecule has 1 unspecified atom stereocenters. The van der Waals surface area contributed by atoms with Crippen LogP contribution in [0, 0.1) is 6.92 Å². The van der Waals surface area contributed by atoms with Gasteiger partial charge in [-0.2, -0.15) is 0 Å². The van der Waals surface area contributed by atoms with Gasteiger partial charge >= 0.3 is 0 Å². The predicted molar refractivity (Wildman–Crippen MR) is 65.3 cm³/mol. The van der Waals surface area contributed by atoms with Crippen molar-refractivity contribution in [2.75, 3.05) is 11.1 Å². The monoisotopic (exact) mass is 235 g/mol. The van der Waals surface area contributed by atoms with E-state index in [9.17, 15) is 0 Å². The number of nitrogens with zero attached hydrogens (tertiary/aromatic N) is 3. The smallest absolute Gasteiger partial charge is 0.223 e. The first-order valence-electron chi connectivity index (χ1n) is 4.91. The summed E-state index contributed by atoms with van der Waals surface area (Å²) in [5.74, 6) is 0.564. The summed E-state index contributed by atoms with van der Waals surface area (Å²) in [6.45, 7) is 4.06. The number of aryl methyl sites for hydroxylation is 1. The summed E-state index contributed by atoms with van der Waals surface area (Å²) in [5, 5.41) is 4.19. The van der Waals surface area contributed by atoms with E-state index in [1.165, 1.54) is 4.88 Å². The summed E-state index contributed by atoms with van der Waals surface area (Å²) in [5.41, 5.74) is 6.07. The lowest BCUT2D eigenvalue weighted by Crippen LogP contribution is -2.09. The van der Waals surface area contributed by atoms with E-state index in [-0.39, 0.29) is 6.04 Å². The van der Waals surface area contributed by atoms with E-state index in [1.807, 2.05) is 20.0 Å². The fraction of sp³-hybridized carbons (Fsp3) is 0.300. The predicted octanol–water partition coefficient (Wildman–Crippen LogP) is 2.00. The van der Waals surface area contributed by atoms with Crippen LogP contribution in [0.5, 0.6) is 0 Å². The molecule has 2 heterocycles. The highest BCUT2D eigenvalue weighted by Crippen LogP contribution is 2.21. The molecule has 0 fully saturated rings. The average molecular weight is 235 g/mol. The maximum atomic E-state index is 5.51. The molecular weight excluding hydrogens is 222 g/mol. The van der Waals surface area contributed by atoms with E-state index >= 15 is 0 Å². The number of nitrogens with two attached hydrogens (primary N) is 1. The van der Waals surface area contributed by atoms with Gasteiger partial charge < -0.3 is 11.1 Å². The maximum absolute atomic E-state index is 5.51. The maximum Gasteiger partial charge on any atom is 0.223 e. The highest BCUT2D eigenvalue weighted by Gasteiger charge is 2.10. The summed E-state index contributed by atoms with van der Waals surface area (Å²) < 4.78 is 0. The molecule has 3 N–H and O–H groups in total. The van der Waals surface area contributed by atoms with E-state index in [0.717, 1.165) is 5.01 Å². The van der Waals surface area contributed by atoms with Crippen LogP contribution in [-0.4, -0.2) is 15.0 Å². The van der Waals surface area contributed by atoms with Gasteiger partial charge in [0, 0.05) is 11.1 Å². The third-order valence-electron chi connectivity index (χ3n) is 2.03. The minimum Gasteiger partial charge on any atom is -0.396 e. The van der Waals surface area contributed by atoms with Crippen LogP contribution < -0.4 is 11.1 Å². The number of thiazole rings is 1. The van der Waals surface area contributed by atoms with E-state index in [0.29, 0.717) is 11.6 Å². The van der Waals surface area contributed by atoms with Crippen LogP contribution in [-0.2, 0) is 0 Å². The van der Waals surface area contributed by atoms with E-state index in [1.54, 1.807) is 23.7 Å². The normalized spacial score (nSPS) is 12.4.